The van der Waals surface area contributed by atoms with Gasteiger partial charge in [0, 0.05) is 12.2 Å². The van der Waals surface area contributed by atoms with E-state index in [1.165, 1.54) is 23.5 Å². The lowest BCUT2D eigenvalue weighted by atomic mass is 10.1. The normalized spacial score (nSPS) is 15.3. The standard InChI is InChI=1S/C14H14F3N3/c15-14(16,17)9-20-8-13(7-18-20)19-12-5-10-3-1-2-4-11(10)6-12/h1-4,7-8,12,19H,5-6,9H2. The molecule has 0 saturated heterocycles. The van der Waals surface area contributed by atoms with E-state index in [0.717, 1.165) is 17.5 Å². The van der Waals surface area contributed by atoms with Gasteiger partial charge in [-0.15, -0.1) is 0 Å². The highest BCUT2D eigenvalue weighted by molar-refractivity contribution is 5.43. The molecule has 0 amide bonds. The fraction of sp³-hybridized carbons (Fsp3) is 0.357. The summed E-state index contributed by atoms with van der Waals surface area (Å²) in [7, 11) is 0. The lowest BCUT2D eigenvalue weighted by molar-refractivity contribution is -0.142. The van der Waals surface area contributed by atoms with E-state index in [1.54, 1.807) is 0 Å². The van der Waals surface area contributed by atoms with E-state index in [1.807, 2.05) is 12.1 Å². The maximum atomic E-state index is 12.3. The van der Waals surface area contributed by atoms with E-state index in [2.05, 4.69) is 22.5 Å². The Morgan fingerprint density at radius 2 is 1.85 bits per heavy atom. The van der Waals surface area contributed by atoms with Crippen LogP contribution in [0, 0.1) is 0 Å². The fourth-order valence-corrected chi connectivity index (χ4v) is 2.60. The highest BCUT2D eigenvalue weighted by Crippen LogP contribution is 2.24. The monoisotopic (exact) mass is 281 g/mol. The summed E-state index contributed by atoms with van der Waals surface area (Å²) in [5.41, 5.74) is 3.23. The molecule has 0 bridgehead atoms. The van der Waals surface area contributed by atoms with Crippen molar-refractivity contribution >= 4 is 5.69 Å². The van der Waals surface area contributed by atoms with E-state index in [-0.39, 0.29) is 6.04 Å². The van der Waals surface area contributed by atoms with E-state index in [9.17, 15) is 13.2 Å². The lowest BCUT2D eigenvalue weighted by Crippen LogP contribution is -2.19. The first-order valence-electron chi connectivity index (χ1n) is 6.42. The van der Waals surface area contributed by atoms with Crippen molar-refractivity contribution in [1.29, 1.82) is 0 Å². The van der Waals surface area contributed by atoms with Gasteiger partial charge in [0.1, 0.15) is 6.54 Å². The van der Waals surface area contributed by atoms with Gasteiger partial charge in [-0.3, -0.25) is 4.68 Å². The molecule has 1 aromatic heterocycles. The van der Waals surface area contributed by atoms with Crippen LogP contribution in [0.1, 0.15) is 11.1 Å². The van der Waals surface area contributed by atoms with Crippen LogP contribution in [0.4, 0.5) is 18.9 Å². The van der Waals surface area contributed by atoms with Crippen LogP contribution in [-0.2, 0) is 19.4 Å². The zero-order chi connectivity index (χ0) is 14.2. The number of benzene rings is 1. The zero-order valence-electron chi connectivity index (χ0n) is 10.7. The minimum Gasteiger partial charge on any atom is -0.379 e. The van der Waals surface area contributed by atoms with Crippen molar-refractivity contribution in [3.05, 3.63) is 47.8 Å². The number of rotatable bonds is 3. The predicted octanol–water partition coefficient (Wildman–Crippen LogP) is 3.02. The minimum absolute atomic E-state index is 0.218. The molecule has 1 N–H and O–H groups in total. The first-order chi connectivity index (χ1) is 9.49. The second kappa shape index (κ2) is 4.85. The maximum Gasteiger partial charge on any atom is 0.408 e. The quantitative estimate of drug-likeness (QED) is 0.937. The Bertz CT molecular complexity index is 579. The predicted molar refractivity (Wildman–Crippen MR) is 69.5 cm³/mol. The Morgan fingerprint density at radius 3 is 2.45 bits per heavy atom. The Hall–Kier alpha value is -1.98. The summed E-state index contributed by atoms with van der Waals surface area (Å²) in [5.74, 6) is 0. The molecule has 3 rings (SSSR count). The maximum absolute atomic E-state index is 12.3. The second-order valence-electron chi connectivity index (χ2n) is 5.06. The Morgan fingerprint density at radius 1 is 1.20 bits per heavy atom. The average Bonchev–Trinajstić information content (AvgIpc) is 2.93. The summed E-state index contributed by atoms with van der Waals surface area (Å²) in [5, 5.41) is 6.97. The van der Waals surface area contributed by atoms with Crippen molar-refractivity contribution in [2.24, 2.45) is 0 Å². The van der Waals surface area contributed by atoms with Gasteiger partial charge in [0.25, 0.3) is 0 Å². The van der Waals surface area contributed by atoms with Crippen molar-refractivity contribution in [1.82, 2.24) is 9.78 Å². The molecule has 0 atom stereocenters. The third-order valence-corrected chi connectivity index (χ3v) is 3.40. The van der Waals surface area contributed by atoms with Crippen LogP contribution in [0.25, 0.3) is 0 Å². The number of halogens is 3. The highest BCUT2D eigenvalue weighted by atomic mass is 19.4. The van der Waals surface area contributed by atoms with Crippen molar-refractivity contribution < 1.29 is 13.2 Å². The van der Waals surface area contributed by atoms with Gasteiger partial charge in [0.2, 0.25) is 0 Å². The average molecular weight is 281 g/mol. The number of hydrogen-bond donors (Lipinski definition) is 1. The zero-order valence-corrected chi connectivity index (χ0v) is 10.7. The number of alkyl halides is 3. The molecule has 20 heavy (non-hydrogen) atoms. The molecular weight excluding hydrogens is 267 g/mol. The van der Waals surface area contributed by atoms with Crippen molar-refractivity contribution in [2.45, 2.75) is 31.6 Å². The van der Waals surface area contributed by atoms with E-state index < -0.39 is 12.7 Å². The van der Waals surface area contributed by atoms with E-state index in [0.29, 0.717) is 5.69 Å². The first-order valence-corrected chi connectivity index (χ1v) is 6.42. The van der Waals surface area contributed by atoms with Crippen LogP contribution in [0.15, 0.2) is 36.7 Å². The third kappa shape index (κ3) is 2.95. The van der Waals surface area contributed by atoms with Crippen LogP contribution < -0.4 is 5.32 Å². The highest BCUT2D eigenvalue weighted by Gasteiger charge is 2.28. The van der Waals surface area contributed by atoms with E-state index >= 15 is 0 Å². The molecule has 0 saturated carbocycles. The molecule has 1 heterocycles. The number of hydrogen-bond acceptors (Lipinski definition) is 2. The molecule has 0 spiro atoms. The molecule has 1 aliphatic carbocycles. The van der Waals surface area contributed by atoms with Gasteiger partial charge in [-0.25, -0.2) is 0 Å². The number of fused-ring (bicyclic) bond motifs is 1. The summed E-state index contributed by atoms with van der Waals surface area (Å²) < 4.78 is 37.7. The van der Waals surface area contributed by atoms with Crippen molar-refractivity contribution in [2.75, 3.05) is 5.32 Å². The molecule has 2 aromatic rings. The summed E-state index contributed by atoms with van der Waals surface area (Å²) >= 11 is 0. The Labute approximate surface area is 114 Å². The Kier molecular flexibility index (Phi) is 3.16. The smallest absolute Gasteiger partial charge is 0.379 e. The SMILES string of the molecule is FC(F)(F)Cn1cc(NC2Cc3ccccc3C2)cn1. The summed E-state index contributed by atoms with van der Waals surface area (Å²) in [6, 6.07) is 8.40. The Balaban J connectivity index is 1.63. The van der Waals surface area contributed by atoms with Gasteiger partial charge in [0.05, 0.1) is 11.9 Å². The molecule has 3 nitrogen and oxygen atoms in total. The minimum atomic E-state index is -4.24. The van der Waals surface area contributed by atoms with Crippen LogP contribution in [0.3, 0.4) is 0 Å². The summed E-state index contributed by atoms with van der Waals surface area (Å²) in [6.07, 6.45) is 0.374. The molecule has 0 unspecified atom stereocenters. The fourth-order valence-electron chi connectivity index (χ4n) is 2.60. The molecule has 0 aliphatic heterocycles. The molecule has 1 aliphatic rings. The third-order valence-electron chi connectivity index (χ3n) is 3.40. The van der Waals surface area contributed by atoms with Gasteiger partial charge in [0.15, 0.2) is 0 Å². The molecule has 0 radical (unpaired) electrons. The number of nitrogens with one attached hydrogen (secondary N) is 1. The number of nitrogens with zero attached hydrogens (tertiary/aromatic N) is 2. The molecule has 1 aromatic carbocycles. The largest absolute Gasteiger partial charge is 0.408 e. The molecule has 106 valence electrons. The van der Waals surface area contributed by atoms with Crippen LogP contribution in [0.2, 0.25) is 0 Å². The second-order valence-corrected chi connectivity index (χ2v) is 5.06. The summed E-state index contributed by atoms with van der Waals surface area (Å²) in [6.45, 7) is -1.06. The van der Waals surface area contributed by atoms with Gasteiger partial charge >= 0.3 is 6.18 Å². The van der Waals surface area contributed by atoms with Gasteiger partial charge in [-0.1, -0.05) is 24.3 Å². The number of anilines is 1. The first kappa shape index (κ1) is 13.0. The van der Waals surface area contributed by atoms with E-state index in [4.69, 9.17) is 0 Å². The van der Waals surface area contributed by atoms with Crippen molar-refractivity contribution in [3.63, 3.8) is 0 Å². The summed E-state index contributed by atoms with van der Waals surface area (Å²) in [4.78, 5) is 0. The molecule has 0 fully saturated rings. The van der Waals surface area contributed by atoms with Gasteiger partial charge in [-0.05, 0) is 24.0 Å². The lowest BCUT2D eigenvalue weighted by Gasteiger charge is -2.11. The van der Waals surface area contributed by atoms with Crippen molar-refractivity contribution in [3.8, 4) is 0 Å². The van der Waals surface area contributed by atoms with Crippen LogP contribution in [0.5, 0.6) is 0 Å². The molecule has 6 heteroatoms. The topological polar surface area (TPSA) is 29.9 Å². The number of aromatic nitrogens is 2. The molecular formula is C14H14F3N3. The van der Waals surface area contributed by atoms with Crippen LogP contribution in [-0.4, -0.2) is 22.0 Å². The van der Waals surface area contributed by atoms with Gasteiger partial charge in [-0.2, -0.15) is 18.3 Å². The van der Waals surface area contributed by atoms with Crippen LogP contribution >= 0.6 is 0 Å². The van der Waals surface area contributed by atoms with Gasteiger partial charge < -0.3 is 5.32 Å².